The van der Waals surface area contributed by atoms with Gasteiger partial charge in [-0.15, -0.1) is 0 Å². The standard InChI is InChI=1S/C32H38ClF3N4O5S/c1-4-44-20-24-18-23(19-40-28(12-9-17-32(34,35)36)38-31(30(40)41)15-7-8-16-31)13-14-25(24)26-10-5-6-11-27(26)46(42,43)39-21(2)29(33)22(3)45-37/h5-6,10-11,13-14,18,39H,2,4,7-9,12,15-17,19-20,37H2,1,3H3/b29-22+. The summed E-state index contributed by atoms with van der Waals surface area (Å²) in [5.41, 5.74) is 1.28. The van der Waals surface area contributed by atoms with Gasteiger partial charge in [-0.25, -0.2) is 8.42 Å². The number of amidine groups is 1. The van der Waals surface area contributed by atoms with Crippen molar-refractivity contribution in [2.24, 2.45) is 10.9 Å². The first-order chi connectivity index (χ1) is 21.7. The average molecular weight is 683 g/mol. The number of amides is 1. The Morgan fingerprint density at radius 1 is 1.17 bits per heavy atom. The third-order valence-corrected chi connectivity index (χ3v) is 9.98. The molecule has 1 spiro atoms. The maximum absolute atomic E-state index is 13.7. The van der Waals surface area contributed by atoms with Crippen molar-refractivity contribution in [3.05, 3.63) is 76.7 Å². The molecular formula is C32H38ClF3N4O5S. The predicted octanol–water partition coefficient (Wildman–Crippen LogP) is 6.83. The summed E-state index contributed by atoms with van der Waals surface area (Å²) in [6.45, 7) is 7.62. The largest absolute Gasteiger partial charge is 0.415 e. The molecule has 2 aromatic carbocycles. The van der Waals surface area contributed by atoms with Crippen molar-refractivity contribution < 1.29 is 36.0 Å². The number of carbonyl (C=O) groups is 1. The minimum atomic E-state index is -4.30. The molecule has 2 aromatic rings. The summed E-state index contributed by atoms with van der Waals surface area (Å²) >= 11 is 6.16. The fraction of sp³-hybridized carbons (Fsp3) is 0.438. The van der Waals surface area contributed by atoms with Crippen LogP contribution in [0.4, 0.5) is 13.2 Å². The molecule has 250 valence electrons. The Morgan fingerprint density at radius 3 is 2.52 bits per heavy atom. The number of rotatable bonds is 14. The van der Waals surface area contributed by atoms with Crippen molar-refractivity contribution >= 4 is 33.4 Å². The number of sulfonamides is 1. The highest BCUT2D eigenvalue weighted by atomic mass is 35.5. The van der Waals surface area contributed by atoms with Crippen LogP contribution in [-0.4, -0.2) is 43.4 Å². The Hall–Kier alpha value is -3.39. The molecule has 1 saturated carbocycles. The number of halogens is 4. The molecule has 1 amide bonds. The molecule has 4 rings (SSSR count). The zero-order valence-electron chi connectivity index (χ0n) is 25.8. The van der Waals surface area contributed by atoms with Crippen LogP contribution in [0.2, 0.25) is 0 Å². The molecule has 1 aliphatic carbocycles. The summed E-state index contributed by atoms with van der Waals surface area (Å²) in [5, 5.41) is -0.0953. The molecule has 14 heteroatoms. The topological polar surface area (TPSA) is 123 Å². The molecule has 0 atom stereocenters. The van der Waals surface area contributed by atoms with Crippen molar-refractivity contribution in [1.82, 2.24) is 9.62 Å². The first-order valence-electron chi connectivity index (χ1n) is 14.9. The highest BCUT2D eigenvalue weighted by molar-refractivity contribution is 7.89. The van der Waals surface area contributed by atoms with Gasteiger partial charge in [0.1, 0.15) is 22.2 Å². The van der Waals surface area contributed by atoms with E-state index < -0.39 is 28.2 Å². The summed E-state index contributed by atoms with van der Waals surface area (Å²) in [6, 6.07) is 11.7. The second-order valence-electron chi connectivity index (χ2n) is 11.3. The highest BCUT2D eigenvalue weighted by Crippen LogP contribution is 2.41. The molecule has 3 N–H and O–H groups in total. The molecule has 0 aromatic heterocycles. The molecule has 0 saturated heterocycles. The number of nitrogens with zero attached hydrogens (tertiary/aromatic N) is 2. The van der Waals surface area contributed by atoms with E-state index in [4.69, 9.17) is 27.2 Å². The average Bonchev–Trinajstić information content (AvgIpc) is 3.59. The lowest BCUT2D eigenvalue weighted by molar-refractivity contribution is -0.135. The lowest BCUT2D eigenvalue weighted by atomic mass is 9.96. The van der Waals surface area contributed by atoms with Crippen LogP contribution >= 0.6 is 11.6 Å². The number of nitrogens with one attached hydrogen (secondary N) is 1. The van der Waals surface area contributed by atoms with Gasteiger partial charge in [-0.1, -0.05) is 67.4 Å². The summed E-state index contributed by atoms with van der Waals surface area (Å²) in [7, 11) is -4.19. The van der Waals surface area contributed by atoms with E-state index in [1.165, 1.54) is 17.9 Å². The van der Waals surface area contributed by atoms with E-state index in [9.17, 15) is 26.4 Å². The normalized spacial score (nSPS) is 16.9. The van der Waals surface area contributed by atoms with Gasteiger partial charge in [0.2, 0.25) is 0 Å². The first kappa shape index (κ1) is 35.5. The van der Waals surface area contributed by atoms with Gasteiger partial charge in [-0.3, -0.25) is 19.4 Å². The van der Waals surface area contributed by atoms with Gasteiger partial charge in [-0.05, 0) is 55.9 Å². The SMILES string of the molecule is C=C(NS(=O)(=O)c1ccccc1-c1ccc(CN2C(=O)C3(CCCC3)N=C2CCCC(F)(F)F)cc1COCC)/C(Cl)=C(/C)ON. The lowest BCUT2D eigenvalue weighted by Gasteiger charge is -2.23. The molecule has 9 nitrogen and oxygen atoms in total. The number of nitrogens with two attached hydrogens (primary N) is 1. The van der Waals surface area contributed by atoms with Crippen LogP contribution in [0.3, 0.4) is 0 Å². The number of aliphatic imine (C=N–C) groups is 1. The van der Waals surface area contributed by atoms with E-state index in [2.05, 4.69) is 16.1 Å². The highest BCUT2D eigenvalue weighted by Gasteiger charge is 2.49. The maximum atomic E-state index is 13.7. The maximum Gasteiger partial charge on any atom is 0.389 e. The molecule has 0 bridgehead atoms. The van der Waals surface area contributed by atoms with Crippen molar-refractivity contribution in [2.75, 3.05) is 6.61 Å². The number of benzene rings is 2. The third kappa shape index (κ3) is 8.11. The Balaban J connectivity index is 1.67. The minimum absolute atomic E-state index is 0.0382. The summed E-state index contributed by atoms with van der Waals surface area (Å²) in [4.78, 5) is 24.4. The molecule has 0 unspecified atom stereocenters. The fourth-order valence-corrected chi connectivity index (χ4v) is 7.19. The minimum Gasteiger partial charge on any atom is -0.415 e. The second kappa shape index (κ2) is 14.6. The molecule has 0 radical (unpaired) electrons. The lowest BCUT2D eigenvalue weighted by Crippen LogP contribution is -2.40. The monoisotopic (exact) mass is 682 g/mol. The van der Waals surface area contributed by atoms with Crippen molar-refractivity contribution in [2.45, 2.75) is 88.6 Å². The summed E-state index contributed by atoms with van der Waals surface area (Å²) < 4.78 is 73.9. The van der Waals surface area contributed by atoms with Crippen molar-refractivity contribution in [3.8, 4) is 11.1 Å². The van der Waals surface area contributed by atoms with E-state index in [0.29, 0.717) is 47.5 Å². The van der Waals surface area contributed by atoms with Crippen LogP contribution < -0.4 is 10.6 Å². The van der Waals surface area contributed by atoms with Crippen LogP contribution in [0.15, 0.2) is 75.4 Å². The van der Waals surface area contributed by atoms with Crippen LogP contribution in [0.1, 0.15) is 69.9 Å². The van der Waals surface area contributed by atoms with Crippen LogP contribution in [0.5, 0.6) is 0 Å². The van der Waals surface area contributed by atoms with E-state index >= 15 is 0 Å². The Bertz CT molecular complexity index is 1640. The number of carbonyl (C=O) groups excluding carboxylic acids is 1. The summed E-state index contributed by atoms with van der Waals surface area (Å²) in [5.74, 6) is 5.40. The van der Waals surface area contributed by atoms with Gasteiger partial charge in [-0.2, -0.15) is 19.1 Å². The zero-order chi connectivity index (χ0) is 33.7. The zero-order valence-corrected chi connectivity index (χ0v) is 27.3. The summed E-state index contributed by atoms with van der Waals surface area (Å²) in [6.07, 6.45) is -2.56. The van der Waals surface area contributed by atoms with Crippen molar-refractivity contribution in [1.29, 1.82) is 0 Å². The second-order valence-corrected chi connectivity index (χ2v) is 13.4. The van der Waals surface area contributed by atoms with Crippen molar-refractivity contribution in [3.63, 3.8) is 0 Å². The van der Waals surface area contributed by atoms with E-state index in [1.807, 2.05) is 13.0 Å². The molecular weight excluding hydrogens is 645 g/mol. The number of allylic oxidation sites excluding steroid dienone is 2. The number of ether oxygens (including phenoxy) is 1. The Labute approximate surface area is 272 Å². The van der Waals surface area contributed by atoms with Gasteiger partial charge in [0.15, 0.2) is 0 Å². The van der Waals surface area contributed by atoms with E-state index in [-0.39, 0.29) is 53.3 Å². The van der Waals surface area contributed by atoms with Gasteiger partial charge in [0, 0.05) is 25.0 Å². The van der Waals surface area contributed by atoms with Crippen LogP contribution in [0, 0.1) is 0 Å². The smallest absolute Gasteiger partial charge is 0.389 e. The quantitative estimate of drug-likeness (QED) is 0.128. The Kier molecular flexibility index (Phi) is 11.2. The first-order valence-corrected chi connectivity index (χ1v) is 16.8. The van der Waals surface area contributed by atoms with Gasteiger partial charge >= 0.3 is 6.18 Å². The predicted molar refractivity (Wildman–Crippen MR) is 170 cm³/mol. The molecule has 1 aliphatic heterocycles. The number of hydrogen-bond acceptors (Lipinski definition) is 7. The molecule has 2 aliphatic rings. The molecule has 1 heterocycles. The van der Waals surface area contributed by atoms with E-state index in [0.717, 1.165) is 12.8 Å². The number of alkyl halides is 3. The molecule has 1 fully saturated rings. The number of hydrogen-bond donors (Lipinski definition) is 2. The van der Waals surface area contributed by atoms with Crippen LogP contribution in [0.25, 0.3) is 11.1 Å². The van der Waals surface area contributed by atoms with E-state index in [1.54, 1.807) is 30.3 Å². The van der Waals surface area contributed by atoms with Gasteiger partial charge < -0.3 is 9.57 Å². The van der Waals surface area contributed by atoms with Gasteiger partial charge in [0.25, 0.3) is 15.9 Å². The van der Waals surface area contributed by atoms with Gasteiger partial charge in [0.05, 0.1) is 23.7 Å². The third-order valence-electron chi connectivity index (χ3n) is 8.04. The van der Waals surface area contributed by atoms with Crippen LogP contribution in [-0.2, 0) is 37.5 Å². The fourth-order valence-electron chi connectivity index (χ4n) is 5.78. The Morgan fingerprint density at radius 2 is 1.87 bits per heavy atom. The molecule has 46 heavy (non-hydrogen) atoms.